The number of carbonyl (C=O) groups is 1. The number of nitrogens with one attached hydrogen (secondary N) is 1. The van der Waals surface area contributed by atoms with Crippen molar-refractivity contribution in [3.05, 3.63) is 64.2 Å². The zero-order valence-electron chi connectivity index (χ0n) is 13.4. The number of hydrogen-bond donors (Lipinski definition) is 1. The van der Waals surface area contributed by atoms with Crippen LogP contribution in [0.5, 0.6) is 5.75 Å². The van der Waals surface area contributed by atoms with Gasteiger partial charge in [-0.25, -0.2) is 0 Å². The molecular weight excluding hydrogens is 294 g/mol. The summed E-state index contributed by atoms with van der Waals surface area (Å²) in [6.45, 7) is 3.37. The maximum atomic E-state index is 11.9. The highest BCUT2D eigenvalue weighted by Gasteiger charge is 2.11. The first-order chi connectivity index (χ1) is 11.1. The normalized spacial score (nSPS) is 11.7. The predicted molar refractivity (Wildman–Crippen MR) is 87.6 cm³/mol. The summed E-state index contributed by atoms with van der Waals surface area (Å²) in [6.07, 6.45) is 3.03. The summed E-state index contributed by atoms with van der Waals surface area (Å²) in [7, 11) is 0. The van der Waals surface area contributed by atoms with Crippen LogP contribution in [-0.4, -0.2) is 18.6 Å². The second kappa shape index (κ2) is 8.17. The lowest BCUT2D eigenvalue weighted by Crippen LogP contribution is -2.36. The zero-order valence-corrected chi connectivity index (χ0v) is 13.4. The number of rotatable bonds is 7. The van der Waals surface area contributed by atoms with Crippen molar-refractivity contribution < 1.29 is 13.9 Å². The Morgan fingerprint density at radius 3 is 2.70 bits per heavy atom. The van der Waals surface area contributed by atoms with Gasteiger partial charge in [-0.15, -0.1) is 0 Å². The molecule has 0 unspecified atom stereocenters. The Bertz CT molecular complexity index is 694. The van der Waals surface area contributed by atoms with Crippen LogP contribution >= 0.6 is 0 Å². The van der Waals surface area contributed by atoms with Crippen molar-refractivity contribution in [2.75, 3.05) is 6.61 Å². The minimum absolute atomic E-state index is 0.0274. The first kappa shape index (κ1) is 16.8. The van der Waals surface area contributed by atoms with E-state index in [-0.39, 0.29) is 29.7 Å². The van der Waals surface area contributed by atoms with Gasteiger partial charge in [-0.3, -0.25) is 9.59 Å². The van der Waals surface area contributed by atoms with Crippen LogP contribution in [0.1, 0.15) is 24.7 Å². The van der Waals surface area contributed by atoms with Crippen molar-refractivity contribution in [1.29, 1.82) is 0 Å². The second-order valence-electron chi connectivity index (χ2n) is 5.45. The van der Waals surface area contributed by atoms with Gasteiger partial charge in [0.15, 0.2) is 6.61 Å². The maximum Gasteiger partial charge on any atom is 0.258 e. The second-order valence-corrected chi connectivity index (χ2v) is 5.45. The van der Waals surface area contributed by atoms with Gasteiger partial charge in [-0.1, -0.05) is 30.3 Å². The molecule has 1 aromatic carbocycles. The summed E-state index contributed by atoms with van der Waals surface area (Å²) in [4.78, 5) is 23.5. The first-order valence-corrected chi connectivity index (χ1v) is 7.60. The van der Waals surface area contributed by atoms with Crippen LogP contribution in [0.3, 0.4) is 0 Å². The number of carbonyl (C=O) groups excluding carboxylic acids is 1. The van der Waals surface area contributed by atoms with E-state index in [0.29, 0.717) is 5.76 Å². The van der Waals surface area contributed by atoms with Crippen molar-refractivity contribution in [3.8, 4) is 5.75 Å². The van der Waals surface area contributed by atoms with E-state index < -0.39 is 0 Å². The van der Waals surface area contributed by atoms with E-state index >= 15 is 0 Å². The molecule has 0 aliphatic heterocycles. The van der Waals surface area contributed by atoms with E-state index in [4.69, 9.17) is 9.15 Å². The SMILES string of the molecule is Cc1occc(=O)c1OCC(=O)N[C@@H](C)CCc1ccccc1. The van der Waals surface area contributed by atoms with E-state index in [1.165, 1.54) is 17.9 Å². The third-order valence-corrected chi connectivity index (χ3v) is 3.47. The zero-order chi connectivity index (χ0) is 16.7. The van der Waals surface area contributed by atoms with Gasteiger partial charge in [0, 0.05) is 12.1 Å². The summed E-state index contributed by atoms with van der Waals surface area (Å²) in [6, 6.07) is 11.4. The Morgan fingerprint density at radius 2 is 2.00 bits per heavy atom. The largest absolute Gasteiger partial charge is 0.476 e. The molecule has 5 nitrogen and oxygen atoms in total. The van der Waals surface area contributed by atoms with Crippen LogP contribution in [-0.2, 0) is 11.2 Å². The number of aryl methyl sites for hydroxylation is 2. The molecule has 0 radical (unpaired) electrons. The summed E-state index contributed by atoms with van der Waals surface area (Å²) < 4.78 is 10.4. The standard InChI is InChI=1S/C18H21NO4/c1-13(8-9-15-6-4-3-5-7-15)19-17(21)12-23-18-14(2)22-11-10-16(18)20/h3-7,10-11,13H,8-9,12H2,1-2H3,(H,19,21)/t13-/m0/s1. The van der Waals surface area contributed by atoms with E-state index in [1.54, 1.807) is 6.92 Å². The summed E-state index contributed by atoms with van der Waals surface area (Å²) >= 11 is 0. The van der Waals surface area contributed by atoms with Crippen molar-refractivity contribution in [2.45, 2.75) is 32.7 Å². The van der Waals surface area contributed by atoms with Crippen molar-refractivity contribution in [3.63, 3.8) is 0 Å². The maximum absolute atomic E-state index is 11.9. The minimum atomic E-state index is -0.293. The van der Waals surface area contributed by atoms with Gasteiger partial charge >= 0.3 is 0 Å². The molecule has 0 saturated carbocycles. The van der Waals surface area contributed by atoms with E-state index in [9.17, 15) is 9.59 Å². The highest BCUT2D eigenvalue weighted by molar-refractivity contribution is 5.77. The highest BCUT2D eigenvalue weighted by Crippen LogP contribution is 2.10. The fourth-order valence-corrected chi connectivity index (χ4v) is 2.23. The molecule has 0 saturated heterocycles. The molecule has 1 heterocycles. The van der Waals surface area contributed by atoms with Crippen molar-refractivity contribution >= 4 is 5.91 Å². The molecule has 1 atom stereocenters. The molecule has 2 aromatic rings. The Labute approximate surface area is 135 Å². The first-order valence-electron chi connectivity index (χ1n) is 7.60. The number of hydrogen-bond acceptors (Lipinski definition) is 4. The van der Waals surface area contributed by atoms with Gasteiger partial charge in [-0.05, 0) is 32.3 Å². The Kier molecular flexibility index (Phi) is 5.97. The molecule has 5 heteroatoms. The van der Waals surface area contributed by atoms with E-state index in [2.05, 4.69) is 17.4 Å². The molecule has 0 aliphatic carbocycles. The summed E-state index contributed by atoms with van der Waals surface area (Å²) in [5.74, 6) is 0.190. The quantitative estimate of drug-likeness (QED) is 0.852. The molecule has 23 heavy (non-hydrogen) atoms. The van der Waals surface area contributed by atoms with Crippen LogP contribution < -0.4 is 15.5 Å². The lowest BCUT2D eigenvalue weighted by Gasteiger charge is -2.14. The van der Waals surface area contributed by atoms with E-state index in [0.717, 1.165) is 12.8 Å². The van der Waals surface area contributed by atoms with Crippen molar-refractivity contribution in [2.24, 2.45) is 0 Å². The molecule has 1 N–H and O–H groups in total. The fourth-order valence-electron chi connectivity index (χ4n) is 2.23. The lowest BCUT2D eigenvalue weighted by molar-refractivity contribution is -0.123. The smallest absolute Gasteiger partial charge is 0.258 e. The molecule has 122 valence electrons. The van der Waals surface area contributed by atoms with Crippen LogP contribution in [0.2, 0.25) is 0 Å². The summed E-state index contributed by atoms with van der Waals surface area (Å²) in [5.41, 5.74) is 0.945. The van der Waals surface area contributed by atoms with Gasteiger partial charge in [0.2, 0.25) is 11.2 Å². The lowest BCUT2D eigenvalue weighted by atomic mass is 10.1. The molecule has 0 aliphatic rings. The monoisotopic (exact) mass is 315 g/mol. The molecule has 1 aromatic heterocycles. The minimum Gasteiger partial charge on any atom is -0.476 e. The highest BCUT2D eigenvalue weighted by atomic mass is 16.5. The fraction of sp³-hybridized carbons (Fsp3) is 0.333. The Balaban J connectivity index is 1.77. The third kappa shape index (κ3) is 5.29. The summed E-state index contributed by atoms with van der Waals surface area (Å²) in [5, 5.41) is 2.86. The van der Waals surface area contributed by atoms with Crippen LogP contribution in [0.15, 0.2) is 51.9 Å². The number of benzene rings is 1. The molecule has 0 fully saturated rings. The van der Waals surface area contributed by atoms with Gasteiger partial charge in [0.1, 0.15) is 5.76 Å². The van der Waals surface area contributed by atoms with Gasteiger partial charge < -0.3 is 14.5 Å². The topological polar surface area (TPSA) is 68.5 Å². The molecule has 2 rings (SSSR count). The van der Waals surface area contributed by atoms with Gasteiger partial charge in [0.05, 0.1) is 6.26 Å². The van der Waals surface area contributed by atoms with Gasteiger partial charge in [0.25, 0.3) is 5.91 Å². The third-order valence-electron chi connectivity index (χ3n) is 3.47. The predicted octanol–water partition coefficient (Wildman–Crippen LogP) is 2.46. The number of amides is 1. The van der Waals surface area contributed by atoms with Gasteiger partial charge in [-0.2, -0.15) is 0 Å². The van der Waals surface area contributed by atoms with Crippen LogP contribution in [0, 0.1) is 6.92 Å². The number of ether oxygens (including phenoxy) is 1. The molecular formula is C18H21NO4. The molecule has 1 amide bonds. The molecule has 0 bridgehead atoms. The van der Waals surface area contributed by atoms with Crippen molar-refractivity contribution in [1.82, 2.24) is 5.32 Å². The molecule has 0 spiro atoms. The van der Waals surface area contributed by atoms with E-state index in [1.807, 2.05) is 25.1 Å². The Hall–Kier alpha value is -2.56. The van der Waals surface area contributed by atoms with Crippen LogP contribution in [0.25, 0.3) is 0 Å². The average molecular weight is 315 g/mol. The Morgan fingerprint density at radius 1 is 1.26 bits per heavy atom. The van der Waals surface area contributed by atoms with Crippen LogP contribution in [0.4, 0.5) is 0 Å². The average Bonchev–Trinajstić information content (AvgIpc) is 2.53.